The highest BCUT2D eigenvalue weighted by molar-refractivity contribution is 7.92. The third-order valence-corrected chi connectivity index (χ3v) is 5.97. The van der Waals surface area contributed by atoms with Crippen molar-refractivity contribution < 1.29 is 8.95 Å². The van der Waals surface area contributed by atoms with Gasteiger partial charge in [-0.1, -0.05) is 0 Å². The summed E-state index contributed by atoms with van der Waals surface area (Å²) in [6, 6.07) is 6.24. The molecule has 3 aromatic rings. The number of pyridine rings is 1. The molecule has 4 rings (SSSR count). The van der Waals surface area contributed by atoms with Crippen molar-refractivity contribution in [1.82, 2.24) is 19.6 Å². The number of aromatic nitrogens is 4. The minimum atomic E-state index is -2.08. The molecule has 9 nitrogen and oxygen atoms in total. The van der Waals surface area contributed by atoms with Crippen LogP contribution >= 0.6 is 0 Å². The van der Waals surface area contributed by atoms with E-state index in [2.05, 4.69) is 30.4 Å². The topological polar surface area (TPSA) is 109 Å². The number of hydrogen-bond donors (Lipinski definition) is 0. The predicted molar refractivity (Wildman–Crippen MR) is 124 cm³/mol. The summed E-state index contributed by atoms with van der Waals surface area (Å²) in [4.78, 5) is 11.5. The molecule has 168 valence electrons. The Balaban J connectivity index is 1.61. The summed E-state index contributed by atoms with van der Waals surface area (Å²) in [5.41, 5.74) is 2.46. The first-order valence-electron chi connectivity index (χ1n) is 10.6. The molecule has 1 saturated heterocycles. The molecular formula is C22H27N7O2S. The van der Waals surface area contributed by atoms with Crippen molar-refractivity contribution in [2.75, 3.05) is 30.5 Å². The SMILES string of the molecule is CC(C)Oc1cn2ncc(C#N)c2c(-c2ccc(N3CCC(N=S(C)(C)=O)CC3)nc2)n1. The van der Waals surface area contributed by atoms with E-state index in [0.717, 1.165) is 37.3 Å². The van der Waals surface area contributed by atoms with Gasteiger partial charge in [-0.15, -0.1) is 0 Å². The van der Waals surface area contributed by atoms with Crippen LogP contribution in [0.4, 0.5) is 5.82 Å². The van der Waals surface area contributed by atoms with Gasteiger partial charge < -0.3 is 9.64 Å². The van der Waals surface area contributed by atoms with Gasteiger partial charge >= 0.3 is 0 Å². The lowest BCUT2D eigenvalue weighted by atomic mass is 10.1. The maximum Gasteiger partial charge on any atom is 0.233 e. The van der Waals surface area contributed by atoms with Gasteiger partial charge in [0, 0.05) is 47.1 Å². The number of hydrogen-bond acceptors (Lipinski definition) is 8. The van der Waals surface area contributed by atoms with Gasteiger partial charge in [-0.2, -0.15) is 10.4 Å². The second-order valence-corrected chi connectivity index (χ2v) is 11.0. The Bertz CT molecular complexity index is 1270. The molecule has 0 saturated carbocycles. The fourth-order valence-electron chi connectivity index (χ4n) is 3.85. The molecule has 0 radical (unpaired) electrons. The van der Waals surface area contributed by atoms with E-state index >= 15 is 0 Å². The average molecular weight is 454 g/mol. The van der Waals surface area contributed by atoms with Crippen molar-refractivity contribution in [2.24, 2.45) is 4.36 Å². The minimum absolute atomic E-state index is 0.0391. The van der Waals surface area contributed by atoms with Crippen molar-refractivity contribution in [3.05, 3.63) is 36.3 Å². The zero-order valence-electron chi connectivity index (χ0n) is 18.7. The third-order valence-electron chi connectivity index (χ3n) is 5.16. The molecule has 32 heavy (non-hydrogen) atoms. The Morgan fingerprint density at radius 3 is 2.59 bits per heavy atom. The molecule has 3 aromatic heterocycles. The fourth-order valence-corrected chi connectivity index (χ4v) is 4.78. The van der Waals surface area contributed by atoms with Gasteiger partial charge in [0.25, 0.3) is 0 Å². The zero-order chi connectivity index (χ0) is 22.9. The standard InChI is InChI=1S/C22H27N7O2S/c1-15(2)31-20-14-29-22(17(11-23)13-25-29)21(26-20)16-5-6-19(24-12-16)28-9-7-18(8-10-28)27-32(3,4)30/h5-6,12-15,18H,7-10H2,1-4H3. The minimum Gasteiger partial charge on any atom is -0.474 e. The highest BCUT2D eigenvalue weighted by Gasteiger charge is 2.21. The van der Waals surface area contributed by atoms with Gasteiger partial charge in [0.15, 0.2) is 0 Å². The van der Waals surface area contributed by atoms with E-state index in [4.69, 9.17) is 4.74 Å². The van der Waals surface area contributed by atoms with Gasteiger partial charge in [-0.05, 0) is 38.8 Å². The summed E-state index contributed by atoms with van der Waals surface area (Å²) in [7, 11) is -2.08. The molecule has 0 bridgehead atoms. The molecule has 0 spiro atoms. The smallest absolute Gasteiger partial charge is 0.233 e. The summed E-state index contributed by atoms with van der Waals surface area (Å²) in [6.45, 7) is 5.50. The first-order valence-corrected chi connectivity index (χ1v) is 12.9. The normalized spacial score (nSPS) is 15.2. The molecule has 0 amide bonds. The van der Waals surface area contributed by atoms with Crippen molar-refractivity contribution in [2.45, 2.75) is 38.8 Å². The molecule has 0 atom stereocenters. The maximum atomic E-state index is 11.9. The second-order valence-electron chi connectivity index (χ2n) is 8.47. The van der Waals surface area contributed by atoms with E-state index < -0.39 is 9.73 Å². The fraction of sp³-hybridized carbons (Fsp3) is 0.455. The highest BCUT2D eigenvalue weighted by Crippen LogP contribution is 2.29. The molecule has 0 unspecified atom stereocenters. The largest absolute Gasteiger partial charge is 0.474 e. The van der Waals surface area contributed by atoms with Gasteiger partial charge in [-0.25, -0.2) is 18.8 Å². The molecular weight excluding hydrogens is 426 g/mol. The summed E-state index contributed by atoms with van der Waals surface area (Å²) < 4.78 is 23.8. The molecule has 0 aliphatic carbocycles. The predicted octanol–water partition coefficient (Wildman–Crippen LogP) is 3.15. The van der Waals surface area contributed by atoms with Crippen LogP contribution in [-0.2, 0) is 9.73 Å². The molecule has 0 N–H and O–H groups in total. The van der Waals surface area contributed by atoms with E-state index in [1.807, 2.05) is 26.0 Å². The van der Waals surface area contributed by atoms with Crippen LogP contribution in [0.3, 0.4) is 0 Å². The number of nitriles is 1. The van der Waals surface area contributed by atoms with Crippen LogP contribution in [0.15, 0.2) is 35.1 Å². The molecule has 1 fully saturated rings. The van der Waals surface area contributed by atoms with E-state index in [1.54, 1.807) is 29.4 Å². The Labute approximate surface area is 188 Å². The zero-order valence-corrected chi connectivity index (χ0v) is 19.5. The van der Waals surface area contributed by atoms with Gasteiger partial charge in [-0.3, -0.25) is 4.21 Å². The maximum absolute atomic E-state index is 11.9. The lowest BCUT2D eigenvalue weighted by Crippen LogP contribution is -2.36. The van der Waals surface area contributed by atoms with E-state index in [1.165, 1.54) is 6.20 Å². The van der Waals surface area contributed by atoms with Gasteiger partial charge in [0.1, 0.15) is 28.7 Å². The number of ether oxygens (including phenoxy) is 1. The van der Waals surface area contributed by atoms with Crippen LogP contribution in [0.2, 0.25) is 0 Å². The molecule has 4 heterocycles. The van der Waals surface area contributed by atoms with Crippen molar-refractivity contribution in [1.29, 1.82) is 5.26 Å². The number of piperidine rings is 1. The summed E-state index contributed by atoms with van der Waals surface area (Å²) in [5.74, 6) is 1.31. The first kappa shape index (κ1) is 22.0. The van der Waals surface area contributed by atoms with Crippen molar-refractivity contribution >= 4 is 21.1 Å². The molecule has 1 aliphatic rings. The third kappa shape index (κ3) is 4.83. The van der Waals surface area contributed by atoms with E-state index in [-0.39, 0.29) is 12.1 Å². The lowest BCUT2D eigenvalue weighted by molar-refractivity contribution is 0.231. The number of fused-ring (bicyclic) bond motifs is 1. The summed E-state index contributed by atoms with van der Waals surface area (Å²) in [6.07, 6.45) is 10.0. The van der Waals surface area contributed by atoms with Crippen LogP contribution in [0.1, 0.15) is 32.3 Å². The monoisotopic (exact) mass is 453 g/mol. The van der Waals surface area contributed by atoms with Crippen molar-refractivity contribution in [3.63, 3.8) is 0 Å². The quantitative estimate of drug-likeness (QED) is 0.584. The lowest BCUT2D eigenvalue weighted by Gasteiger charge is -2.31. The number of rotatable bonds is 5. The summed E-state index contributed by atoms with van der Waals surface area (Å²) in [5, 5.41) is 13.8. The molecule has 1 aliphatic heterocycles. The Hall–Kier alpha value is -3.19. The number of anilines is 1. The van der Waals surface area contributed by atoms with Crippen molar-refractivity contribution in [3.8, 4) is 23.2 Å². The Kier molecular flexibility index (Phi) is 6.02. The second kappa shape index (κ2) is 8.74. The average Bonchev–Trinajstić information content (AvgIpc) is 3.15. The van der Waals surface area contributed by atoms with Crippen LogP contribution in [0.25, 0.3) is 16.8 Å². The Morgan fingerprint density at radius 2 is 2.00 bits per heavy atom. The molecule has 0 aromatic carbocycles. The highest BCUT2D eigenvalue weighted by atomic mass is 32.2. The van der Waals surface area contributed by atoms with Crippen LogP contribution < -0.4 is 9.64 Å². The Morgan fingerprint density at radius 1 is 1.25 bits per heavy atom. The van der Waals surface area contributed by atoms with Crippen LogP contribution in [0, 0.1) is 11.3 Å². The van der Waals surface area contributed by atoms with E-state index in [0.29, 0.717) is 22.7 Å². The number of nitrogens with zero attached hydrogens (tertiary/aromatic N) is 7. The van der Waals surface area contributed by atoms with Crippen LogP contribution in [0.5, 0.6) is 5.88 Å². The summed E-state index contributed by atoms with van der Waals surface area (Å²) >= 11 is 0. The van der Waals surface area contributed by atoms with Crippen LogP contribution in [-0.4, -0.2) is 61.5 Å². The van der Waals surface area contributed by atoms with Gasteiger partial charge in [0.05, 0.1) is 24.5 Å². The first-order chi connectivity index (χ1) is 15.2. The molecule has 10 heteroatoms. The van der Waals surface area contributed by atoms with E-state index in [9.17, 15) is 9.47 Å². The van der Waals surface area contributed by atoms with Gasteiger partial charge in [0.2, 0.25) is 5.88 Å².